The summed E-state index contributed by atoms with van der Waals surface area (Å²) in [6, 6.07) is 0.177. The van der Waals surface area contributed by atoms with Gasteiger partial charge in [-0.15, -0.1) is 0 Å². The molecule has 1 heterocycles. The maximum Gasteiger partial charge on any atom is 0.320 e. The molecule has 0 spiro atoms. The van der Waals surface area contributed by atoms with Gasteiger partial charge in [0.25, 0.3) is 0 Å². The van der Waals surface area contributed by atoms with Gasteiger partial charge in [-0.25, -0.2) is 4.39 Å². The summed E-state index contributed by atoms with van der Waals surface area (Å²) in [5, 5.41) is 8.50. The zero-order chi connectivity index (χ0) is 13.3. The fraction of sp³-hybridized carbons (Fsp3) is 0.364. The lowest BCUT2D eigenvalue weighted by molar-refractivity contribution is -0.138. The van der Waals surface area contributed by atoms with Gasteiger partial charge in [-0.2, -0.15) is 0 Å². The third kappa shape index (κ3) is 2.34. The van der Waals surface area contributed by atoms with E-state index in [0.717, 1.165) is 0 Å². The lowest BCUT2D eigenvalue weighted by Crippen LogP contribution is -2.32. The third-order valence-electron chi connectivity index (χ3n) is 2.55. The highest BCUT2D eigenvalue weighted by Gasteiger charge is 2.24. The van der Waals surface area contributed by atoms with Gasteiger partial charge in [0.1, 0.15) is 30.1 Å². The predicted octanol–water partition coefficient (Wildman–Crippen LogP) is 1.20. The highest BCUT2D eigenvalue weighted by atomic mass is 35.5. The standard InChI is InChI=1S/C11H11ClFNO4/c12-8-9(13)5(3-6(14)11(15)16)4-7-10(8)18-2-1-17-7/h4,6H,1-3,14H2,(H,15,16). The molecule has 0 aliphatic carbocycles. The summed E-state index contributed by atoms with van der Waals surface area (Å²) in [6.07, 6.45) is -0.169. The average molecular weight is 276 g/mol. The molecule has 1 aromatic rings. The van der Waals surface area contributed by atoms with Gasteiger partial charge < -0.3 is 20.3 Å². The minimum Gasteiger partial charge on any atom is -0.486 e. The van der Waals surface area contributed by atoms with Crippen LogP contribution in [0.15, 0.2) is 6.07 Å². The molecule has 1 atom stereocenters. The van der Waals surface area contributed by atoms with Crippen molar-refractivity contribution in [2.24, 2.45) is 5.73 Å². The van der Waals surface area contributed by atoms with Crippen molar-refractivity contribution in [2.45, 2.75) is 12.5 Å². The molecule has 2 rings (SSSR count). The van der Waals surface area contributed by atoms with Crippen molar-refractivity contribution in [1.82, 2.24) is 0 Å². The van der Waals surface area contributed by atoms with Gasteiger partial charge in [-0.3, -0.25) is 4.79 Å². The zero-order valence-corrected chi connectivity index (χ0v) is 10.0. The zero-order valence-electron chi connectivity index (χ0n) is 9.28. The number of benzene rings is 1. The number of nitrogens with two attached hydrogens (primary N) is 1. The van der Waals surface area contributed by atoms with E-state index in [1.165, 1.54) is 6.07 Å². The number of hydrogen-bond acceptors (Lipinski definition) is 4. The van der Waals surface area contributed by atoms with E-state index in [0.29, 0.717) is 19.0 Å². The van der Waals surface area contributed by atoms with Crippen LogP contribution in [0.25, 0.3) is 0 Å². The minimum atomic E-state index is -1.21. The molecule has 98 valence electrons. The Kier molecular flexibility index (Phi) is 3.58. The molecule has 0 fully saturated rings. The first-order valence-corrected chi connectivity index (χ1v) is 5.63. The van der Waals surface area contributed by atoms with Gasteiger partial charge in [0, 0.05) is 6.42 Å². The Morgan fingerprint density at radius 1 is 1.56 bits per heavy atom. The number of ether oxygens (including phenoxy) is 2. The lowest BCUT2D eigenvalue weighted by Gasteiger charge is -2.21. The molecule has 7 heteroatoms. The number of aliphatic carboxylic acids is 1. The van der Waals surface area contributed by atoms with Crippen molar-refractivity contribution >= 4 is 17.6 Å². The Labute approximate surface area is 107 Å². The van der Waals surface area contributed by atoms with Gasteiger partial charge >= 0.3 is 5.97 Å². The molecule has 3 N–H and O–H groups in total. The number of halogens is 2. The maximum atomic E-state index is 13.9. The average Bonchev–Trinajstić information content (AvgIpc) is 2.35. The highest BCUT2D eigenvalue weighted by Crippen LogP contribution is 2.40. The molecule has 0 bridgehead atoms. The molecule has 1 aliphatic heterocycles. The quantitative estimate of drug-likeness (QED) is 0.866. The van der Waals surface area contributed by atoms with E-state index < -0.39 is 17.8 Å². The van der Waals surface area contributed by atoms with Crippen molar-refractivity contribution in [3.8, 4) is 11.5 Å². The Morgan fingerprint density at radius 2 is 2.22 bits per heavy atom. The molecule has 1 aromatic carbocycles. The van der Waals surface area contributed by atoms with Crippen LogP contribution in [-0.4, -0.2) is 30.3 Å². The summed E-state index contributed by atoms with van der Waals surface area (Å²) in [7, 11) is 0. The van der Waals surface area contributed by atoms with E-state index in [4.69, 9.17) is 31.9 Å². The maximum absolute atomic E-state index is 13.9. The number of fused-ring (bicyclic) bond motifs is 1. The number of carboxylic acids is 1. The topological polar surface area (TPSA) is 81.8 Å². The summed E-state index contributed by atoms with van der Waals surface area (Å²) in [5.74, 6) is -1.48. The number of rotatable bonds is 3. The fourth-order valence-corrected chi connectivity index (χ4v) is 1.91. The van der Waals surface area contributed by atoms with E-state index in [9.17, 15) is 9.18 Å². The van der Waals surface area contributed by atoms with Crippen molar-refractivity contribution < 1.29 is 23.8 Å². The van der Waals surface area contributed by atoms with Gasteiger partial charge in [0.15, 0.2) is 11.5 Å². The molecule has 0 amide bonds. The van der Waals surface area contributed by atoms with Crippen LogP contribution < -0.4 is 15.2 Å². The predicted molar refractivity (Wildman–Crippen MR) is 61.7 cm³/mol. The van der Waals surface area contributed by atoms with Crippen LogP contribution in [0.3, 0.4) is 0 Å². The summed E-state index contributed by atoms with van der Waals surface area (Å²) in [6.45, 7) is 0.625. The summed E-state index contributed by atoms with van der Waals surface area (Å²) < 4.78 is 24.4. The molecule has 0 saturated heterocycles. The summed E-state index contributed by atoms with van der Waals surface area (Å²) >= 11 is 5.81. The summed E-state index contributed by atoms with van der Waals surface area (Å²) in [5.41, 5.74) is 5.46. The second kappa shape index (κ2) is 4.99. The first-order valence-electron chi connectivity index (χ1n) is 5.25. The molecule has 1 aliphatic rings. The van der Waals surface area contributed by atoms with Crippen LogP contribution in [0, 0.1) is 5.82 Å². The van der Waals surface area contributed by atoms with Crippen LogP contribution in [0.4, 0.5) is 4.39 Å². The van der Waals surface area contributed by atoms with E-state index in [1.54, 1.807) is 0 Å². The molecule has 18 heavy (non-hydrogen) atoms. The van der Waals surface area contributed by atoms with Gasteiger partial charge in [0.05, 0.1) is 0 Å². The monoisotopic (exact) mass is 275 g/mol. The summed E-state index contributed by atoms with van der Waals surface area (Å²) in [4.78, 5) is 10.7. The van der Waals surface area contributed by atoms with Gasteiger partial charge in [0.2, 0.25) is 0 Å². The normalized spacial score (nSPS) is 15.3. The highest BCUT2D eigenvalue weighted by molar-refractivity contribution is 6.32. The van der Waals surface area contributed by atoms with E-state index >= 15 is 0 Å². The largest absolute Gasteiger partial charge is 0.486 e. The van der Waals surface area contributed by atoms with Gasteiger partial charge in [-0.1, -0.05) is 11.6 Å². The first-order chi connectivity index (χ1) is 8.50. The van der Waals surface area contributed by atoms with Crippen LogP contribution in [0.2, 0.25) is 5.02 Å². The molecular weight excluding hydrogens is 265 g/mol. The van der Waals surface area contributed by atoms with Crippen molar-refractivity contribution in [2.75, 3.05) is 13.2 Å². The van der Waals surface area contributed by atoms with Crippen molar-refractivity contribution in [3.63, 3.8) is 0 Å². The number of carbonyl (C=O) groups is 1. The third-order valence-corrected chi connectivity index (χ3v) is 2.88. The molecule has 5 nitrogen and oxygen atoms in total. The van der Waals surface area contributed by atoms with E-state index in [-0.39, 0.29) is 22.8 Å². The van der Waals surface area contributed by atoms with Crippen LogP contribution in [0.1, 0.15) is 5.56 Å². The smallest absolute Gasteiger partial charge is 0.320 e. The Hall–Kier alpha value is -1.53. The van der Waals surface area contributed by atoms with Crippen LogP contribution in [0.5, 0.6) is 11.5 Å². The second-order valence-electron chi connectivity index (χ2n) is 3.84. The molecule has 0 radical (unpaired) electrons. The number of carboxylic acid groups (broad SMARTS) is 1. The van der Waals surface area contributed by atoms with Gasteiger partial charge in [-0.05, 0) is 11.6 Å². The number of hydrogen-bond donors (Lipinski definition) is 2. The molecular formula is C11H11ClFNO4. The Morgan fingerprint density at radius 3 is 2.89 bits per heavy atom. The second-order valence-corrected chi connectivity index (χ2v) is 4.21. The van der Waals surface area contributed by atoms with Crippen molar-refractivity contribution in [1.29, 1.82) is 0 Å². The van der Waals surface area contributed by atoms with Crippen LogP contribution in [-0.2, 0) is 11.2 Å². The van der Waals surface area contributed by atoms with E-state index in [2.05, 4.69) is 0 Å². The molecule has 0 aromatic heterocycles. The Bertz CT molecular complexity index is 494. The fourth-order valence-electron chi connectivity index (χ4n) is 1.65. The molecule has 1 unspecified atom stereocenters. The lowest BCUT2D eigenvalue weighted by atomic mass is 10.0. The minimum absolute atomic E-state index is 0.0964. The van der Waals surface area contributed by atoms with Crippen LogP contribution >= 0.6 is 11.6 Å². The van der Waals surface area contributed by atoms with E-state index in [1.807, 2.05) is 0 Å². The Balaban J connectivity index is 2.37. The first kappa shape index (κ1) is 12.9. The molecule has 0 saturated carbocycles. The van der Waals surface area contributed by atoms with Crippen molar-refractivity contribution in [3.05, 3.63) is 22.5 Å². The SMILES string of the molecule is NC(Cc1cc2c(c(Cl)c1F)OCCO2)C(=O)O.